The van der Waals surface area contributed by atoms with Crippen LogP contribution in [0, 0.1) is 0 Å². The van der Waals surface area contributed by atoms with Gasteiger partial charge >= 0.3 is 0 Å². The van der Waals surface area contributed by atoms with Gasteiger partial charge in [0.1, 0.15) is 0 Å². The van der Waals surface area contributed by atoms with Crippen molar-refractivity contribution in [3.05, 3.63) is 12.7 Å². The van der Waals surface area contributed by atoms with Gasteiger partial charge in [0.15, 0.2) is 0 Å². The molecule has 0 heterocycles. The van der Waals surface area contributed by atoms with Crippen LogP contribution in [0.25, 0.3) is 0 Å². The second kappa shape index (κ2) is 6.78. The Kier molecular flexibility index (Phi) is 6.55. The summed E-state index contributed by atoms with van der Waals surface area (Å²) in [5.41, 5.74) is 0. The van der Waals surface area contributed by atoms with Crippen molar-refractivity contribution in [3.8, 4) is 0 Å². The zero-order chi connectivity index (χ0) is 7.82. The average molecular weight is 144 g/mol. The van der Waals surface area contributed by atoms with Gasteiger partial charge in [-0.3, -0.25) is 0 Å². The molecule has 0 spiro atoms. The van der Waals surface area contributed by atoms with E-state index in [1.165, 1.54) is 0 Å². The zero-order valence-corrected chi connectivity index (χ0v) is 6.80. The fourth-order valence-electron chi connectivity index (χ4n) is 0.505. The molecule has 0 fully saturated rings. The summed E-state index contributed by atoms with van der Waals surface area (Å²) in [5.74, 6) is 0. The van der Waals surface area contributed by atoms with Crippen LogP contribution in [0.15, 0.2) is 12.7 Å². The van der Waals surface area contributed by atoms with Gasteiger partial charge < -0.3 is 9.47 Å². The second-order valence-corrected chi connectivity index (χ2v) is 2.01. The lowest BCUT2D eigenvalue weighted by molar-refractivity contribution is 0.0337. The van der Waals surface area contributed by atoms with E-state index in [0.717, 1.165) is 6.61 Å². The standard InChI is InChI=1S/C8H16O2/c1-4-8(3)10-7-6-9-5-2/h4,8H,1,5-7H2,2-3H3/t8-/m0/s1. The third-order valence-corrected chi connectivity index (χ3v) is 1.14. The Morgan fingerprint density at radius 2 is 2.20 bits per heavy atom. The van der Waals surface area contributed by atoms with Crippen LogP contribution in [-0.2, 0) is 9.47 Å². The molecule has 0 aromatic heterocycles. The van der Waals surface area contributed by atoms with Crippen LogP contribution in [0.1, 0.15) is 13.8 Å². The van der Waals surface area contributed by atoms with Gasteiger partial charge in [-0.15, -0.1) is 6.58 Å². The first-order chi connectivity index (χ1) is 4.81. The molecule has 0 aromatic carbocycles. The van der Waals surface area contributed by atoms with Crippen molar-refractivity contribution < 1.29 is 9.47 Å². The molecule has 0 unspecified atom stereocenters. The molecule has 0 bridgehead atoms. The van der Waals surface area contributed by atoms with E-state index in [1.807, 2.05) is 13.8 Å². The van der Waals surface area contributed by atoms with Crippen LogP contribution in [0.3, 0.4) is 0 Å². The van der Waals surface area contributed by atoms with E-state index in [1.54, 1.807) is 6.08 Å². The summed E-state index contributed by atoms with van der Waals surface area (Å²) in [6.45, 7) is 9.61. The Bertz CT molecular complexity index is 81.3. The van der Waals surface area contributed by atoms with Crippen molar-refractivity contribution in [2.75, 3.05) is 19.8 Å². The van der Waals surface area contributed by atoms with Crippen molar-refractivity contribution in [1.82, 2.24) is 0 Å². The van der Waals surface area contributed by atoms with E-state index >= 15 is 0 Å². The quantitative estimate of drug-likeness (QED) is 0.416. The first kappa shape index (κ1) is 9.66. The molecule has 0 N–H and O–H groups in total. The lowest BCUT2D eigenvalue weighted by atomic mass is 10.4. The van der Waals surface area contributed by atoms with Gasteiger partial charge in [-0.1, -0.05) is 6.08 Å². The van der Waals surface area contributed by atoms with Gasteiger partial charge in [0.05, 0.1) is 19.3 Å². The van der Waals surface area contributed by atoms with Crippen molar-refractivity contribution in [2.24, 2.45) is 0 Å². The van der Waals surface area contributed by atoms with Gasteiger partial charge in [-0.25, -0.2) is 0 Å². The average Bonchev–Trinajstić information content (AvgIpc) is 1.98. The molecular weight excluding hydrogens is 128 g/mol. The fraction of sp³-hybridized carbons (Fsp3) is 0.750. The highest BCUT2D eigenvalue weighted by Crippen LogP contribution is 1.89. The van der Waals surface area contributed by atoms with Crippen LogP contribution in [0.5, 0.6) is 0 Å². The SMILES string of the molecule is C=C[C@H](C)OCCOCC. The summed E-state index contributed by atoms with van der Waals surface area (Å²) in [4.78, 5) is 0. The highest BCUT2D eigenvalue weighted by Gasteiger charge is 1.93. The second-order valence-electron chi connectivity index (χ2n) is 2.01. The Hall–Kier alpha value is -0.340. The zero-order valence-electron chi connectivity index (χ0n) is 6.80. The van der Waals surface area contributed by atoms with Gasteiger partial charge in [0.25, 0.3) is 0 Å². The maximum absolute atomic E-state index is 5.25. The third kappa shape index (κ3) is 5.79. The summed E-state index contributed by atoms with van der Waals surface area (Å²) in [5, 5.41) is 0. The van der Waals surface area contributed by atoms with E-state index in [2.05, 4.69) is 6.58 Å². The van der Waals surface area contributed by atoms with Crippen molar-refractivity contribution in [1.29, 1.82) is 0 Å². The van der Waals surface area contributed by atoms with Crippen LogP contribution in [0.4, 0.5) is 0 Å². The van der Waals surface area contributed by atoms with E-state index in [4.69, 9.17) is 9.47 Å². The molecule has 1 atom stereocenters. The number of rotatable bonds is 6. The van der Waals surface area contributed by atoms with Gasteiger partial charge in [0, 0.05) is 6.61 Å². The van der Waals surface area contributed by atoms with Crippen molar-refractivity contribution in [2.45, 2.75) is 20.0 Å². The predicted octanol–water partition coefficient (Wildman–Crippen LogP) is 1.61. The molecule has 0 aromatic rings. The molecule has 0 amide bonds. The van der Waals surface area contributed by atoms with Crippen LogP contribution < -0.4 is 0 Å². The Labute approximate surface area is 62.8 Å². The van der Waals surface area contributed by atoms with Crippen LogP contribution >= 0.6 is 0 Å². The molecule has 0 saturated carbocycles. The molecule has 0 rings (SSSR count). The minimum absolute atomic E-state index is 0.139. The van der Waals surface area contributed by atoms with Crippen LogP contribution in [-0.4, -0.2) is 25.9 Å². The van der Waals surface area contributed by atoms with E-state index < -0.39 is 0 Å². The fourth-order valence-corrected chi connectivity index (χ4v) is 0.505. The molecule has 60 valence electrons. The van der Waals surface area contributed by atoms with Gasteiger partial charge in [-0.2, -0.15) is 0 Å². The monoisotopic (exact) mass is 144 g/mol. The summed E-state index contributed by atoms with van der Waals surface area (Å²) >= 11 is 0. The molecule has 0 aliphatic rings. The maximum atomic E-state index is 5.25. The van der Waals surface area contributed by atoms with E-state index in [-0.39, 0.29) is 6.10 Å². The topological polar surface area (TPSA) is 18.5 Å². The molecule has 2 heteroatoms. The van der Waals surface area contributed by atoms with Crippen LogP contribution in [0.2, 0.25) is 0 Å². The highest BCUT2D eigenvalue weighted by atomic mass is 16.5. The number of ether oxygens (including phenoxy) is 2. The van der Waals surface area contributed by atoms with Gasteiger partial charge in [-0.05, 0) is 13.8 Å². The summed E-state index contributed by atoms with van der Waals surface area (Å²) in [7, 11) is 0. The maximum Gasteiger partial charge on any atom is 0.0726 e. The molecule has 10 heavy (non-hydrogen) atoms. The van der Waals surface area contributed by atoms with Crippen molar-refractivity contribution in [3.63, 3.8) is 0 Å². The molecule has 0 radical (unpaired) electrons. The molecule has 0 saturated heterocycles. The molecule has 0 aliphatic heterocycles. The normalized spacial score (nSPS) is 13.0. The third-order valence-electron chi connectivity index (χ3n) is 1.14. The Morgan fingerprint density at radius 1 is 1.50 bits per heavy atom. The lowest BCUT2D eigenvalue weighted by Crippen LogP contribution is -2.10. The Morgan fingerprint density at radius 3 is 2.70 bits per heavy atom. The van der Waals surface area contributed by atoms with E-state index in [0.29, 0.717) is 13.2 Å². The number of hydrogen-bond acceptors (Lipinski definition) is 2. The highest BCUT2D eigenvalue weighted by molar-refractivity contribution is 4.74. The lowest BCUT2D eigenvalue weighted by Gasteiger charge is -2.07. The first-order valence-corrected chi connectivity index (χ1v) is 3.63. The Balaban J connectivity index is 2.95. The summed E-state index contributed by atoms with van der Waals surface area (Å²) in [6, 6.07) is 0. The molecule has 0 aliphatic carbocycles. The molecule has 2 nitrogen and oxygen atoms in total. The smallest absolute Gasteiger partial charge is 0.0726 e. The van der Waals surface area contributed by atoms with Gasteiger partial charge in [0.2, 0.25) is 0 Å². The summed E-state index contributed by atoms with van der Waals surface area (Å²) < 4.78 is 10.3. The molecular formula is C8H16O2. The predicted molar refractivity (Wildman–Crippen MR) is 42.1 cm³/mol. The largest absolute Gasteiger partial charge is 0.379 e. The van der Waals surface area contributed by atoms with Crippen molar-refractivity contribution >= 4 is 0 Å². The first-order valence-electron chi connectivity index (χ1n) is 3.63. The van der Waals surface area contributed by atoms with E-state index in [9.17, 15) is 0 Å². The number of hydrogen-bond donors (Lipinski definition) is 0. The minimum atomic E-state index is 0.139. The minimum Gasteiger partial charge on any atom is -0.379 e. The summed E-state index contributed by atoms with van der Waals surface area (Å²) in [6.07, 6.45) is 1.91.